The van der Waals surface area contributed by atoms with Crippen LogP contribution in [0.4, 0.5) is 0 Å². The van der Waals surface area contributed by atoms with Crippen LogP contribution >= 0.6 is 0 Å². The number of hydrogen-bond donors (Lipinski definition) is 1. The minimum absolute atomic E-state index is 0.184. The van der Waals surface area contributed by atoms with Crippen molar-refractivity contribution in [2.75, 3.05) is 19.7 Å². The molecule has 3 atom stereocenters. The molecule has 0 aromatic heterocycles. The summed E-state index contributed by atoms with van der Waals surface area (Å²) in [6.45, 7) is 6.84. The van der Waals surface area contributed by atoms with E-state index in [9.17, 15) is 4.79 Å². The number of nitrogens with two attached hydrogens (primary N) is 1. The number of ether oxygens (including phenoxy) is 1. The number of hydrogen-bond acceptors (Lipinski definition) is 4. The number of rotatable bonds is 6. The Bertz CT molecular complexity index is 334. The Kier molecular flexibility index (Phi) is 5.44. The molecule has 0 aromatic carbocycles. The van der Waals surface area contributed by atoms with Crippen LogP contribution in [0.2, 0.25) is 0 Å². The predicted octanol–water partition coefficient (Wildman–Crippen LogP) is 2.31. The largest absolute Gasteiger partial charge is 0.465 e. The van der Waals surface area contributed by atoms with Crippen LogP contribution in [0, 0.1) is 5.92 Å². The van der Waals surface area contributed by atoms with Gasteiger partial charge in [0.25, 0.3) is 0 Å². The van der Waals surface area contributed by atoms with Gasteiger partial charge < -0.3 is 15.4 Å². The molecule has 116 valence electrons. The zero-order valence-corrected chi connectivity index (χ0v) is 13.1. The summed E-state index contributed by atoms with van der Waals surface area (Å²) in [6.07, 6.45) is 7.81. The summed E-state index contributed by atoms with van der Waals surface area (Å²) in [5.74, 6) is 0.107. The molecule has 1 saturated heterocycles. The van der Waals surface area contributed by atoms with Crippen molar-refractivity contribution in [3.8, 4) is 0 Å². The van der Waals surface area contributed by atoms with Crippen LogP contribution in [-0.4, -0.2) is 42.1 Å². The van der Waals surface area contributed by atoms with Crippen LogP contribution in [0.15, 0.2) is 0 Å². The van der Waals surface area contributed by atoms with E-state index in [2.05, 4.69) is 11.8 Å². The third kappa shape index (κ3) is 3.17. The maximum Gasteiger partial charge on any atom is 0.326 e. The van der Waals surface area contributed by atoms with Crippen molar-refractivity contribution in [1.82, 2.24) is 4.90 Å². The average molecular weight is 282 g/mol. The van der Waals surface area contributed by atoms with E-state index in [4.69, 9.17) is 10.5 Å². The summed E-state index contributed by atoms with van der Waals surface area (Å²) in [5.41, 5.74) is 5.67. The van der Waals surface area contributed by atoms with Gasteiger partial charge in [-0.2, -0.15) is 0 Å². The molecule has 0 amide bonds. The van der Waals surface area contributed by atoms with Gasteiger partial charge in [0.2, 0.25) is 0 Å². The molecule has 0 aromatic rings. The van der Waals surface area contributed by atoms with Gasteiger partial charge in [0.1, 0.15) is 5.54 Å². The lowest BCUT2D eigenvalue weighted by Crippen LogP contribution is -2.52. The van der Waals surface area contributed by atoms with Gasteiger partial charge in [-0.25, -0.2) is 0 Å². The first kappa shape index (κ1) is 15.8. The molecule has 2 fully saturated rings. The van der Waals surface area contributed by atoms with Crippen molar-refractivity contribution in [2.45, 2.75) is 70.4 Å². The fourth-order valence-electron chi connectivity index (χ4n) is 4.01. The standard InChI is InChI=1S/C16H30N2O2/c1-3-14-8-6-11-18(14)12-9-13-7-5-10-16(13,17)15(19)20-4-2/h13-14H,3-12,17H2,1-2H3. The van der Waals surface area contributed by atoms with E-state index in [1.807, 2.05) is 6.92 Å². The maximum absolute atomic E-state index is 12.1. The Morgan fingerprint density at radius 2 is 2.15 bits per heavy atom. The molecule has 0 radical (unpaired) electrons. The molecular weight excluding hydrogens is 252 g/mol. The van der Waals surface area contributed by atoms with Crippen molar-refractivity contribution >= 4 is 5.97 Å². The molecule has 20 heavy (non-hydrogen) atoms. The van der Waals surface area contributed by atoms with Crippen molar-refractivity contribution < 1.29 is 9.53 Å². The smallest absolute Gasteiger partial charge is 0.326 e. The third-order valence-electron chi connectivity index (χ3n) is 5.26. The Labute approximate surface area is 123 Å². The Morgan fingerprint density at radius 3 is 2.85 bits per heavy atom. The van der Waals surface area contributed by atoms with Crippen molar-refractivity contribution in [1.29, 1.82) is 0 Å². The molecule has 1 aliphatic carbocycles. The van der Waals surface area contributed by atoms with Gasteiger partial charge in [-0.3, -0.25) is 4.79 Å². The molecule has 2 rings (SSSR count). The minimum Gasteiger partial charge on any atom is -0.465 e. The van der Waals surface area contributed by atoms with Gasteiger partial charge in [-0.15, -0.1) is 0 Å². The van der Waals surface area contributed by atoms with Crippen molar-refractivity contribution in [3.63, 3.8) is 0 Å². The normalized spacial score (nSPS) is 34.5. The lowest BCUT2D eigenvalue weighted by atomic mass is 9.85. The third-order valence-corrected chi connectivity index (χ3v) is 5.26. The summed E-state index contributed by atoms with van der Waals surface area (Å²) in [7, 11) is 0. The van der Waals surface area contributed by atoms with Crippen LogP contribution in [0.25, 0.3) is 0 Å². The fourth-order valence-corrected chi connectivity index (χ4v) is 4.01. The summed E-state index contributed by atoms with van der Waals surface area (Å²) in [5, 5.41) is 0. The number of nitrogens with zero attached hydrogens (tertiary/aromatic N) is 1. The number of carbonyl (C=O) groups is 1. The fraction of sp³-hybridized carbons (Fsp3) is 0.938. The summed E-state index contributed by atoms with van der Waals surface area (Å²) in [6, 6.07) is 0.742. The quantitative estimate of drug-likeness (QED) is 0.760. The Morgan fingerprint density at radius 1 is 1.35 bits per heavy atom. The molecule has 1 heterocycles. The number of carbonyl (C=O) groups excluding carboxylic acids is 1. The van der Waals surface area contributed by atoms with E-state index in [1.54, 1.807) is 0 Å². The highest BCUT2D eigenvalue weighted by Crippen LogP contribution is 2.37. The van der Waals surface area contributed by atoms with Crippen LogP contribution in [0.1, 0.15) is 58.8 Å². The Balaban J connectivity index is 1.89. The second-order valence-corrected chi connectivity index (χ2v) is 6.38. The molecule has 2 aliphatic rings. The first-order valence-electron chi connectivity index (χ1n) is 8.32. The number of esters is 1. The molecule has 4 heteroatoms. The molecule has 0 bridgehead atoms. The molecule has 2 N–H and O–H groups in total. The van der Waals surface area contributed by atoms with Gasteiger partial charge in [0.15, 0.2) is 0 Å². The zero-order valence-electron chi connectivity index (χ0n) is 13.1. The van der Waals surface area contributed by atoms with Crippen LogP contribution in [0.5, 0.6) is 0 Å². The Hall–Kier alpha value is -0.610. The van der Waals surface area contributed by atoms with E-state index in [0.717, 1.165) is 38.3 Å². The van der Waals surface area contributed by atoms with Gasteiger partial charge in [-0.05, 0) is 64.5 Å². The predicted molar refractivity (Wildman–Crippen MR) is 80.4 cm³/mol. The summed E-state index contributed by atoms with van der Waals surface area (Å²) < 4.78 is 5.20. The lowest BCUT2D eigenvalue weighted by Gasteiger charge is -2.31. The van der Waals surface area contributed by atoms with Crippen LogP contribution in [-0.2, 0) is 9.53 Å². The summed E-state index contributed by atoms with van der Waals surface area (Å²) >= 11 is 0. The lowest BCUT2D eigenvalue weighted by molar-refractivity contribution is -0.151. The average Bonchev–Trinajstić information content (AvgIpc) is 3.03. The molecule has 1 saturated carbocycles. The second kappa shape index (κ2) is 6.90. The first-order chi connectivity index (χ1) is 9.61. The van der Waals surface area contributed by atoms with Gasteiger partial charge in [0.05, 0.1) is 6.61 Å². The van der Waals surface area contributed by atoms with E-state index < -0.39 is 5.54 Å². The van der Waals surface area contributed by atoms with E-state index >= 15 is 0 Å². The molecule has 3 unspecified atom stereocenters. The highest BCUT2D eigenvalue weighted by Gasteiger charge is 2.46. The van der Waals surface area contributed by atoms with Crippen molar-refractivity contribution in [2.24, 2.45) is 11.7 Å². The van der Waals surface area contributed by atoms with Crippen molar-refractivity contribution in [3.05, 3.63) is 0 Å². The monoisotopic (exact) mass is 282 g/mol. The molecule has 4 nitrogen and oxygen atoms in total. The van der Waals surface area contributed by atoms with Crippen LogP contribution < -0.4 is 5.73 Å². The molecular formula is C16H30N2O2. The molecule has 0 spiro atoms. The van der Waals surface area contributed by atoms with E-state index in [-0.39, 0.29) is 5.97 Å². The second-order valence-electron chi connectivity index (χ2n) is 6.38. The van der Waals surface area contributed by atoms with Crippen LogP contribution in [0.3, 0.4) is 0 Å². The minimum atomic E-state index is -0.725. The molecule has 1 aliphatic heterocycles. The van der Waals surface area contributed by atoms with Gasteiger partial charge >= 0.3 is 5.97 Å². The highest BCUT2D eigenvalue weighted by molar-refractivity contribution is 5.81. The number of likely N-dealkylation sites (tertiary alicyclic amines) is 1. The SMILES string of the molecule is CCOC(=O)C1(N)CCCC1CCN1CCCC1CC. The first-order valence-corrected chi connectivity index (χ1v) is 8.32. The highest BCUT2D eigenvalue weighted by atomic mass is 16.5. The maximum atomic E-state index is 12.1. The van der Waals surface area contributed by atoms with Gasteiger partial charge in [-0.1, -0.05) is 13.3 Å². The van der Waals surface area contributed by atoms with E-state index in [1.165, 1.54) is 25.8 Å². The van der Waals surface area contributed by atoms with E-state index in [0.29, 0.717) is 12.5 Å². The zero-order chi connectivity index (χ0) is 14.6. The van der Waals surface area contributed by atoms with Gasteiger partial charge in [0, 0.05) is 6.04 Å². The topological polar surface area (TPSA) is 55.6 Å². The summed E-state index contributed by atoms with van der Waals surface area (Å²) in [4.78, 5) is 14.7.